The molecule has 2 atom stereocenters. The Kier molecular flexibility index (Phi) is 10.7. The summed E-state index contributed by atoms with van der Waals surface area (Å²) in [5, 5.41) is 0. The van der Waals surface area contributed by atoms with E-state index in [4.69, 9.17) is 14.2 Å². The highest BCUT2D eigenvalue weighted by molar-refractivity contribution is 5.64. The van der Waals surface area contributed by atoms with Gasteiger partial charge in [-0.05, 0) is 41.7 Å². The molecule has 1 aliphatic rings. The van der Waals surface area contributed by atoms with E-state index in [9.17, 15) is 13.2 Å². The Hall–Kier alpha value is -2.05. The van der Waals surface area contributed by atoms with E-state index < -0.39 is 12.6 Å². The molecule has 0 N–H and O–H groups in total. The second kappa shape index (κ2) is 13.7. The Bertz CT molecular complexity index is 810. The zero-order valence-electron chi connectivity index (χ0n) is 20.1. The van der Waals surface area contributed by atoms with Crippen LogP contribution < -0.4 is 4.74 Å². The van der Waals surface area contributed by atoms with Crippen LogP contribution in [0.1, 0.15) is 76.4 Å². The van der Waals surface area contributed by atoms with Crippen molar-refractivity contribution in [3.63, 3.8) is 0 Å². The summed E-state index contributed by atoms with van der Waals surface area (Å²) in [6.45, 7) is 3.52. The summed E-state index contributed by atoms with van der Waals surface area (Å²) < 4.78 is 54.2. The van der Waals surface area contributed by atoms with Crippen molar-refractivity contribution < 1.29 is 27.4 Å². The maximum Gasteiger partial charge on any atom is 0.389 e. The molecule has 1 aliphatic heterocycles. The molecule has 1 saturated heterocycles. The predicted octanol–water partition coefficient (Wildman–Crippen LogP) is 8.28. The molecule has 0 bridgehead atoms. The van der Waals surface area contributed by atoms with E-state index in [1.807, 2.05) is 12.1 Å². The first kappa shape index (κ1) is 26.6. The molecular weight excluding hydrogens is 441 g/mol. The van der Waals surface area contributed by atoms with E-state index in [1.54, 1.807) is 12.1 Å². The number of ether oxygens (including phenoxy) is 3. The molecule has 188 valence electrons. The van der Waals surface area contributed by atoms with Crippen LogP contribution in [0.25, 0.3) is 11.1 Å². The lowest BCUT2D eigenvalue weighted by atomic mass is 10.0. The van der Waals surface area contributed by atoms with Crippen LogP contribution in [0, 0.1) is 0 Å². The first-order chi connectivity index (χ1) is 16.4. The molecular formula is C28H37F3O3. The Morgan fingerprint density at radius 1 is 0.794 bits per heavy atom. The van der Waals surface area contributed by atoms with Crippen LogP contribution in [0.4, 0.5) is 13.2 Å². The average Bonchev–Trinajstić information content (AvgIpc) is 2.84. The van der Waals surface area contributed by atoms with Crippen molar-refractivity contribution in [3.05, 3.63) is 54.1 Å². The van der Waals surface area contributed by atoms with Crippen molar-refractivity contribution in [1.82, 2.24) is 0 Å². The van der Waals surface area contributed by atoms with Crippen molar-refractivity contribution >= 4 is 0 Å². The van der Waals surface area contributed by atoms with Gasteiger partial charge < -0.3 is 14.2 Å². The van der Waals surface area contributed by atoms with E-state index in [0.29, 0.717) is 19.0 Å². The highest BCUT2D eigenvalue weighted by atomic mass is 19.4. The molecule has 6 heteroatoms. The molecule has 3 nitrogen and oxygen atoms in total. The molecule has 0 spiro atoms. The molecule has 0 radical (unpaired) electrons. The zero-order chi connectivity index (χ0) is 24.2. The first-order valence-corrected chi connectivity index (χ1v) is 12.6. The van der Waals surface area contributed by atoms with Gasteiger partial charge in [-0.2, -0.15) is 13.2 Å². The summed E-state index contributed by atoms with van der Waals surface area (Å²) in [5.74, 6) is 0.575. The number of benzene rings is 2. The maximum atomic E-state index is 12.2. The molecule has 3 rings (SSSR count). The van der Waals surface area contributed by atoms with Crippen LogP contribution in [0.2, 0.25) is 0 Å². The molecule has 0 aromatic heterocycles. The van der Waals surface area contributed by atoms with Gasteiger partial charge in [0.1, 0.15) is 11.9 Å². The molecule has 2 aromatic rings. The van der Waals surface area contributed by atoms with Crippen molar-refractivity contribution in [3.8, 4) is 16.9 Å². The molecule has 2 aromatic carbocycles. The standard InChI is InChI=1S/C28H37F3O3/c1-2-3-4-5-6-7-9-26-20-34-27(21-33-26)24-12-10-22(11-13-24)23-14-16-25(17-15-23)32-19-8-18-28(29,30)31/h10-17,26-27H,2-9,18-21H2,1H3. The second-order valence-corrected chi connectivity index (χ2v) is 9.05. The van der Waals surface area contributed by atoms with Gasteiger partial charge in [-0.3, -0.25) is 0 Å². The van der Waals surface area contributed by atoms with E-state index in [2.05, 4.69) is 31.2 Å². The van der Waals surface area contributed by atoms with Gasteiger partial charge in [-0.15, -0.1) is 0 Å². The summed E-state index contributed by atoms with van der Waals surface area (Å²) in [5.41, 5.74) is 3.19. The molecule has 1 heterocycles. The molecule has 2 unspecified atom stereocenters. The van der Waals surface area contributed by atoms with Gasteiger partial charge in [0.15, 0.2) is 0 Å². The Morgan fingerprint density at radius 2 is 1.44 bits per heavy atom. The van der Waals surface area contributed by atoms with E-state index in [1.165, 1.54) is 38.5 Å². The Labute approximate surface area is 201 Å². The first-order valence-electron chi connectivity index (χ1n) is 12.6. The van der Waals surface area contributed by atoms with E-state index >= 15 is 0 Å². The highest BCUT2D eigenvalue weighted by Crippen LogP contribution is 2.28. The van der Waals surface area contributed by atoms with Crippen LogP contribution in [0.3, 0.4) is 0 Å². The van der Waals surface area contributed by atoms with Crippen LogP contribution in [-0.2, 0) is 9.47 Å². The molecule has 0 amide bonds. The highest BCUT2D eigenvalue weighted by Gasteiger charge is 2.26. The molecule has 0 aliphatic carbocycles. The number of hydrogen-bond donors (Lipinski definition) is 0. The van der Waals surface area contributed by atoms with Gasteiger partial charge >= 0.3 is 6.18 Å². The van der Waals surface area contributed by atoms with E-state index in [-0.39, 0.29) is 25.2 Å². The predicted molar refractivity (Wildman–Crippen MR) is 129 cm³/mol. The number of halogens is 3. The molecule has 0 saturated carbocycles. The fourth-order valence-electron chi connectivity index (χ4n) is 4.15. The smallest absolute Gasteiger partial charge is 0.389 e. The third-order valence-corrected chi connectivity index (χ3v) is 6.19. The lowest BCUT2D eigenvalue weighted by Crippen LogP contribution is -2.31. The van der Waals surface area contributed by atoms with Crippen molar-refractivity contribution in [1.29, 1.82) is 0 Å². The zero-order valence-corrected chi connectivity index (χ0v) is 20.1. The van der Waals surface area contributed by atoms with Crippen LogP contribution in [0.15, 0.2) is 48.5 Å². The van der Waals surface area contributed by atoms with Gasteiger partial charge in [0, 0.05) is 6.42 Å². The van der Waals surface area contributed by atoms with Crippen LogP contribution in [-0.4, -0.2) is 32.1 Å². The maximum absolute atomic E-state index is 12.2. The quantitative estimate of drug-likeness (QED) is 0.271. The molecule has 34 heavy (non-hydrogen) atoms. The van der Waals surface area contributed by atoms with Gasteiger partial charge in [-0.25, -0.2) is 0 Å². The fraction of sp³-hybridized carbons (Fsp3) is 0.571. The van der Waals surface area contributed by atoms with Crippen LogP contribution >= 0.6 is 0 Å². The number of hydrogen-bond acceptors (Lipinski definition) is 3. The van der Waals surface area contributed by atoms with Crippen molar-refractivity contribution in [2.75, 3.05) is 19.8 Å². The van der Waals surface area contributed by atoms with Crippen molar-refractivity contribution in [2.24, 2.45) is 0 Å². The molecule has 1 fully saturated rings. The van der Waals surface area contributed by atoms with E-state index in [0.717, 1.165) is 23.1 Å². The summed E-state index contributed by atoms with van der Waals surface area (Å²) in [4.78, 5) is 0. The minimum atomic E-state index is -4.14. The summed E-state index contributed by atoms with van der Waals surface area (Å²) in [6.07, 6.45) is 3.96. The lowest BCUT2D eigenvalue weighted by molar-refractivity contribution is -0.137. The third-order valence-electron chi connectivity index (χ3n) is 6.19. The average molecular weight is 479 g/mol. The largest absolute Gasteiger partial charge is 0.494 e. The minimum Gasteiger partial charge on any atom is -0.494 e. The topological polar surface area (TPSA) is 27.7 Å². The Morgan fingerprint density at radius 3 is 2.06 bits per heavy atom. The van der Waals surface area contributed by atoms with Gasteiger partial charge in [-0.1, -0.05) is 81.8 Å². The minimum absolute atomic E-state index is 0.0395. The monoisotopic (exact) mass is 478 g/mol. The normalized spacial score (nSPS) is 18.7. The van der Waals surface area contributed by atoms with Crippen LogP contribution in [0.5, 0.6) is 5.75 Å². The van der Waals surface area contributed by atoms with Gasteiger partial charge in [0.05, 0.1) is 25.9 Å². The van der Waals surface area contributed by atoms with Gasteiger partial charge in [0.2, 0.25) is 0 Å². The Balaban J connectivity index is 1.39. The lowest BCUT2D eigenvalue weighted by Gasteiger charge is -2.30. The number of unbranched alkanes of at least 4 members (excludes halogenated alkanes) is 5. The summed E-state index contributed by atoms with van der Waals surface area (Å²) >= 11 is 0. The third kappa shape index (κ3) is 9.30. The second-order valence-electron chi connectivity index (χ2n) is 9.05. The number of rotatable bonds is 13. The van der Waals surface area contributed by atoms with Crippen molar-refractivity contribution in [2.45, 2.75) is 83.1 Å². The summed E-state index contributed by atoms with van der Waals surface area (Å²) in [6, 6.07) is 15.7. The van der Waals surface area contributed by atoms with Gasteiger partial charge in [0.25, 0.3) is 0 Å². The summed E-state index contributed by atoms with van der Waals surface area (Å²) in [7, 11) is 0. The fourth-order valence-corrected chi connectivity index (χ4v) is 4.15. The number of alkyl halides is 3. The SMILES string of the molecule is CCCCCCCCC1COC(c2ccc(-c3ccc(OCCCC(F)(F)F)cc3)cc2)CO1.